The zero-order valence-electron chi connectivity index (χ0n) is 15.1. The first kappa shape index (κ1) is 19.3. The molecule has 1 fully saturated rings. The van der Waals surface area contributed by atoms with E-state index in [4.69, 9.17) is 27.9 Å². The second-order valence-corrected chi connectivity index (χ2v) is 7.62. The minimum Gasteiger partial charge on any atom is -0.377 e. The van der Waals surface area contributed by atoms with Crippen LogP contribution in [0.3, 0.4) is 0 Å². The number of aromatic nitrogens is 5. The van der Waals surface area contributed by atoms with Gasteiger partial charge in [-0.2, -0.15) is 0 Å². The molecule has 1 aromatic carbocycles. The smallest absolute Gasteiger partial charge is 0.256 e. The van der Waals surface area contributed by atoms with Crippen molar-refractivity contribution in [3.8, 4) is 11.6 Å². The number of amides is 1. The summed E-state index contributed by atoms with van der Waals surface area (Å²) in [7, 11) is 0. The highest BCUT2D eigenvalue weighted by molar-refractivity contribution is 6.44. The van der Waals surface area contributed by atoms with E-state index in [1.165, 1.54) is 6.07 Å². The second-order valence-electron chi connectivity index (χ2n) is 6.86. The molecule has 2 aromatic heterocycles. The summed E-state index contributed by atoms with van der Waals surface area (Å²) in [6, 6.07) is 1.49. The van der Waals surface area contributed by atoms with Crippen LogP contribution in [0.4, 0.5) is 8.78 Å². The highest BCUT2D eigenvalue weighted by Gasteiger charge is 2.44. The normalized spacial score (nSPS) is 20.2. The lowest BCUT2D eigenvalue weighted by Gasteiger charge is -2.45. The van der Waals surface area contributed by atoms with Gasteiger partial charge in [0.2, 0.25) is 5.82 Å². The van der Waals surface area contributed by atoms with Gasteiger partial charge >= 0.3 is 0 Å². The summed E-state index contributed by atoms with van der Waals surface area (Å²) in [5.74, 6) is -0.599. The third kappa shape index (κ3) is 2.94. The van der Waals surface area contributed by atoms with Gasteiger partial charge in [-0.05, 0) is 12.1 Å². The third-order valence-corrected chi connectivity index (χ3v) is 5.97. The Morgan fingerprint density at radius 1 is 1.10 bits per heavy atom. The van der Waals surface area contributed by atoms with Gasteiger partial charge < -0.3 is 14.2 Å². The van der Waals surface area contributed by atoms with Crippen molar-refractivity contribution in [2.24, 2.45) is 0 Å². The number of carbonyl (C=O) groups excluding carboxylic acids is 1. The van der Waals surface area contributed by atoms with E-state index >= 15 is 0 Å². The van der Waals surface area contributed by atoms with E-state index in [1.54, 1.807) is 9.47 Å². The topological polar surface area (TPSA) is 86.0 Å². The van der Waals surface area contributed by atoms with E-state index in [1.807, 2.05) is 0 Å². The van der Waals surface area contributed by atoms with Crippen LogP contribution < -0.4 is 0 Å². The van der Waals surface area contributed by atoms with Crippen LogP contribution in [0.25, 0.3) is 11.6 Å². The van der Waals surface area contributed by atoms with Gasteiger partial charge in [0.15, 0.2) is 17.5 Å². The Bertz CT molecular complexity index is 1160. The number of nitrogens with zero attached hydrogens (tertiary/aromatic N) is 6. The maximum atomic E-state index is 13.7. The molecule has 2 bridgehead atoms. The van der Waals surface area contributed by atoms with Crippen molar-refractivity contribution >= 4 is 29.1 Å². The fourth-order valence-electron chi connectivity index (χ4n) is 3.75. The van der Waals surface area contributed by atoms with Crippen LogP contribution >= 0.6 is 23.2 Å². The minimum atomic E-state index is -0.705. The van der Waals surface area contributed by atoms with Gasteiger partial charge in [0.05, 0.1) is 47.3 Å². The van der Waals surface area contributed by atoms with E-state index in [-0.39, 0.29) is 40.7 Å². The molecule has 5 rings (SSSR count). The van der Waals surface area contributed by atoms with E-state index < -0.39 is 23.6 Å². The van der Waals surface area contributed by atoms with Crippen LogP contribution in [0.1, 0.15) is 22.2 Å². The van der Waals surface area contributed by atoms with E-state index in [0.717, 1.165) is 18.5 Å². The zero-order chi connectivity index (χ0) is 21.0. The molecule has 2 aliphatic rings. The molecule has 30 heavy (non-hydrogen) atoms. The standard InChI is InChI=1S/C18H12Cl2F2N6O2/c19-13-10(1-2-11(22)14(13)20)18(29)28-9-5-27-16(12(28)7-30-6-9)25-26-17(27)15-23-3-8(21)4-24-15/h1-4,9,12H,5-7H2. The number of fused-ring (bicyclic) bond motifs is 4. The number of carbonyl (C=O) groups is 1. The van der Waals surface area contributed by atoms with Crippen molar-refractivity contribution in [2.45, 2.75) is 18.6 Å². The summed E-state index contributed by atoms with van der Waals surface area (Å²) in [6.45, 7) is 0.778. The molecular weight excluding hydrogens is 441 g/mol. The van der Waals surface area contributed by atoms with E-state index in [9.17, 15) is 13.6 Å². The number of morpholine rings is 1. The first-order valence-electron chi connectivity index (χ1n) is 8.90. The van der Waals surface area contributed by atoms with Crippen LogP contribution in [0.15, 0.2) is 24.5 Å². The zero-order valence-corrected chi connectivity index (χ0v) is 16.6. The Balaban J connectivity index is 1.55. The summed E-state index contributed by atoms with van der Waals surface area (Å²) in [4.78, 5) is 22.8. The lowest BCUT2D eigenvalue weighted by molar-refractivity contribution is -0.0569. The fraction of sp³-hybridized carbons (Fsp3) is 0.278. The predicted molar refractivity (Wildman–Crippen MR) is 101 cm³/mol. The van der Waals surface area contributed by atoms with Crippen LogP contribution in [0.5, 0.6) is 0 Å². The number of benzene rings is 1. The molecule has 0 aliphatic carbocycles. The van der Waals surface area contributed by atoms with Gasteiger partial charge in [-0.25, -0.2) is 18.7 Å². The van der Waals surface area contributed by atoms with Crippen LogP contribution in [0, 0.1) is 11.6 Å². The molecule has 2 atom stereocenters. The Kier molecular flexibility index (Phi) is 4.64. The van der Waals surface area contributed by atoms with Crippen molar-refractivity contribution in [3.63, 3.8) is 0 Å². The molecule has 0 spiro atoms. The maximum Gasteiger partial charge on any atom is 0.256 e. The van der Waals surface area contributed by atoms with Crippen molar-refractivity contribution in [1.82, 2.24) is 29.6 Å². The summed E-state index contributed by atoms with van der Waals surface area (Å²) in [5.41, 5.74) is 0.0926. The van der Waals surface area contributed by atoms with E-state index in [0.29, 0.717) is 18.2 Å². The summed E-state index contributed by atoms with van der Waals surface area (Å²) >= 11 is 12.0. The average Bonchev–Trinajstić information content (AvgIpc) is 3.15. The monoisotopic (exact) mass is 452 g/mol. The van der Waals surface area contributed by atoms with Crippen molar-refractivity contribution in [1.29, 1.82) is 0 Å². The SMILES string of the molecule is O=C(c1ccc(F)c(Cl)c1Cl)N1C2COCC1c1nnc(-c3ncc(F)cn3)n1C2. The molecular formula is C18H12Cl2F2N6O2. The molecule has 0 N–H and O–H groups in total. The van der Waals surface area contributed by atoms with Crippen LogP contribution in [0.2, 0.25) is 10.0 Å². The number of rotatable bonds is 2. The third-order valence-electron chi connectivity index (χ3n) is 5.11. The van der Waals surface area contributed by atoms with Crippen LogP contribution in [-0.2, 0) is 11.3 Å². The molecule has 2 unspecified atom stereocenters. The Hall–Kier alpha value is -2.69. The van der Waals surface area contributed by atoms with E-state index in [2.05, 4.69) is 20.2 Å². The molecule has 4 heterocycles. The highest BCUT2D eigenvalue weighted by atomic mass is 35.5. The summed E-state index contributed by atoms with van der Waals surface area (Å²) < 4.78 is 34.3. The molecule has 0 radical (unpaired) electrons. The van der Waals surface area contributed by atoms with Crippen LogP contribution in [-0.4, -0.2) is 54.8 Å². The molecule has 12 heteroatoms. The second kappa shape index (κ2) is 7.22. The first-order chi connectivity index (χ1) is 14.5. The highest BCUT2D eigenvalue weighted by Crippen LogP contribution is 2.37. The summed E-state index contributed by atoms with van der Waals surface area (Å²) in [6.07, 6.45) is 2.10. The largest absolute Gasteiger partial charge is 0.377 e. The van der Waals surface area contributed by atoms with Crippen molar-refractivity contribution in [3.05, 3.63) is 57.6 Å². The number of halogens is 4. The average molecular weight is 453 g/mol. The molecule has 2 aliphatic heterocycles. The molecule has 1 saturated heterocycles. The lowest BCUT2D eigenvalue weighted by atomic mass is 10.0. The molecule has 3 aromatic rings. The Morgan fingerprint density at radius 3 is 2.63 bits per heavy atom. The van der Waals surface area contributed by atoms with Gasteiger partial charge in [0.1, 0.15) is 11.9 Å². The van der Waals surface area contributed by atoms with Gasteiger partial charge in [0.25, 0.3) is 5.91 Å². The maximum absolute atomic E-state index is 13.7. The minimum absolute atomic E-state index is 0.0926. The van der Waals surface area contributed by atoms with Gasteiger partial charge in [-0.1, -0.05) is 23.2 Å². The van der Waals surface area contributed by atoms with Crippen molar-refractivity contribution < 1.29 is 18.3 Å². The summed E-state index contributed by atoms with van der Waals surface area (Å²) in [5, 5.41) is 7.89. The quantitative estimate of drug-likeness (QED) is 0.555. The molecule has 1 amide bonds. The van der Waals surface area contributed by atoms with Gasteiger partial charge in [-0.3, -0.25) is 4.79 Å². The number of hydrogen-bond acceptors (Lipinski definition) is 6. The van der Waals surface area contributed by atoms with Gasteiger partial charge in [0, 0.05) is 6.54 Å². The number of ether oxygens (including phenoxy) is 1. The number of hydrogen-bond donors (Lipinski definition) is 0. The molecule has 154 valence electrons. The fourth-order valence-corrected chi connectivity index (χ4v) is 4.15. The molecule has 0 saturated carbocycles. The Labute approximate surface area is 178 Å². The lowest BCUT2D eigenvalue weighted by Crippen LogP contribution is -2.56. The van der Waals surface area contributed by atoms with Gasteiger partial charge in [-0.15, -0.1) is 10.2 Å². The Morgan fingerprint density at radius 2 is 1.87 bits per heavy atom. The molecule has 8 nitrogen and oxygen atoms in total. The first-order valence-corrected chi connectivity index (χ1v) is 9.66. The predicted octanol–water partition coefficient (Wildman–Crippen LogP) is 2.92. The van der Waals surface area contributed by atoms with Crippen molar-refractivity contribution in [2.75, 3.05) is 13.2 Å².